The third-order valence-corrected chi connectivity index (χ3v) is 4.99. The highest BCUT2D eigenvalue weighted by atomic mass is 32.2. The van der Waals surface area contributed by atoms with Gasteiger partial charge in [-0.3, -0.25) is 4.79 Å². The lowest BCUT2D eigenvalue weighted by Crippen LogP contribution is -2.19. The summed E-state index contributed by atoms with van der Waals surface area (Å²) in [6.45, 7) is 4.10. The number of amidine groups is 1. The molecule has 0 radical (unpaired) electrons. The molecular weight excluding hydrogens is 348 g/mol. The minimum atomic E-state index is -0.160. The van der Waals surface area contributed by atoms with Crippen LogP contribution in [0.1, 0.15) is 16.7 Å². The molecule has 1 N–H and O–H groups in total. The van der Waals surface area contributed by atoms with Crippen molar-refractivity contribution >= 4 is 34.6 Å². The fourth-order valence-corrected chi connectivity index (χ4v) is 3.33. The summed E-state index contributed by atoms with van der Waals surface area (Å²) in [5.41, 5.74) is 4.06. The Morgan fingerprint density at radius 3 is 2.46 bits per heavy atom. The quantitative estimate of drug-likeness (QED) is 0.821. The van der Waals surface area contributed by atoms with Crippen LogP contribution in [-0.2, 0) is 4.79 Å². The molecule has 0 spiro atoms. The first-order valence-corrected chi connectivity index (χ1v) is 8.90. The normalized spacial score (nSPS) is 16.8. The molecule has 2 aromatic carbocycles. The summed E-state index contributed by atoms with van der Waals surface area (Å²) in [5, 5.41) is 3.38. The molecule has 0 saturated carbocycles. The second-order valence-corrected chi connectivity index (χ2v) is 6.90. The fourth-order valence-electron chi connectivity index (χ4n) is 2.49. The minimum absolute atomic E-state index is 0.160. The summed E-state index contributed by atoms with van der Waals surface area (Å²) < 4.78 is 10.5. The standard InChI is InChI=1S/C20H20N2O3S/c1-12-5-7-15(9-13(12)2)21-20-22-19(23)18(26-20)11-14-6-8-16(24-3)17(10-14)25-4/h5-11H,1-4H3,(H,21,22,23)/b18-11+. The number of aryl methyl sites for hydroxylation is 2. The van der Waals surface area contributed by atoms with Gasteiger partial charge in [0, 0.05) is 0 Å². The SMILES string of the molecule is COc1ccc(/C=C2/SC(=Nc3ccc(C)c(C)c3)NC2=O)cc1OC. The van der Waals surface area contributed by atoms with Crippen molar-refractivity contribution in [3.05, 3.63) is 58.0 Å². The zero-order valence-corrected chi connectivity index (χ0v) is 15.9. The highest BCUT2D eigenvalue weighted by molar-refractivity contribution is 8.18. The fraction of sp³-hybridized carbons (Fsp3) is 0.200. The lowest BCUT2D eigenvalue weighted by Gasteiger charge is -2.07. The van der Waals surface area contributed by atoms with Crippen LogP contribution in [0.4, 0.5) is 5.69 Å². The molecule has 1 fully saturated rings. The number of rotatable bonds is 4. The number of ether oxygens (including phenoxy) is 2. The maximum absolute atomic E-state index is 12.2. The van der Waals surface area contributed by atoms with Crippen molar-refractivity contribution in [3.63, 3.8) is 0 Å². The van der Waals surface area contributed by atoms with E-state index in [2.05, 4.69) is 17.2 Å². The van der Waals surface area contributed by atoms with Gasteiger partial charge in [0.2, 0.25) is 0 Å². The number of aliphatic imine (C=N–C) groups is 1. The maximum atomic E-state index is 12.2. The van der Waals surface area contributed by atoms with E-state index < -0.39 is 0 Å². The maximum Gasteiger partial charge on any atom is 0.264 e. The summed E-state index contributed by atoms with van der Waals surface area (Å²) in [6.07, 6.45) is 1.81. The zero-order chi connectivity index (χ0) is 18.7. The number of carbonyl (C=O) groups is 1. The first kappa shape index (κ1) is 18.1. The number of methoxy groups -OCH3 is 2. The molecule has 1 aliphatic rings. The van der Waals surface area contributed by atoms with Gasteiger partial charge in [-0.15, -0.1) is 0 Å². The molecule has 134 valence electrons. The second kappa shape index (κ2) is 7.66. The number of benzene rings is 2. The number of nitrogens with zero attached hydrogens (tertiary/aromatic N) is 1. The lowest BCUT2D eigenvalue weighted by atomic mass is 10.1. The third kappa shape index (κ3) is 3.91. The molecule has 1 saturated heterocycles. The van der Waals surface area contributed by atoms with Gasteiger partial charge < -0.3 is 14.8 Å². The molecule has 0 unspecified atom stereocenters. The Hall–Kier alpha value is -2.73. The summed E-state index contributed by atoms with van der Waals surface area (Å²) in [5.74, 6) is 1.11. The van der Waals surface area contributed by atoms with Crippen LogP contribution in [0.2, 0.25) is 0 Å². The summed E-state index contributed by atoms with van der Waals surface area (Å²) >= 11 is 1.32. The van der Waals surface area contributed by atoms with E-state index in [4.69, 9.17) is 9.47 Å². The molecule has 1 aliphatic heterocycles. The van der Waals surface area contributed by atoms with Gasteiger partial charge >= 0.3 is 0 Å². The van der Waals surface area contributed by atoms with Crippen LogP contribution in [0.25, 0.3) is 6.08 Å². The van der Waals surface area contributed by atoms with E-state index in [0.29, 0.717) is 21.6 Å². The highest BCUT2D eigenvalue weighted by Gasteiger charge is 2.24. The second-order valence-electron chi connectivity index (χ2n) is 5.86. The van der Waals surface area contributed by atoms with Gasteiger partial charge in [-0.05, 0) is 72.6 Å². The number of nitrogens with one attached hydrogen (secondary N) is 1. The van der Waals surface area contributed by atoms with Gasteiger partial charge in [-0.2, -0.15) is 0 Å². The van der Waals surface area contributed by atoms with Crippen molar-refractivity contribution in [1.29, 1.82) is 0 Å². The van der Waals surface area contributed by atoms with Crippen LogP contribution < -0.4 is 14.8 Å². The summed E-state index contributed by atoms with van der Waals surface area (Å²) in [6, 6.07) is 11.5. The van der Waals surface area contributed by atoms with Gasteiger partial charge in [-0.25, -0.2) is 4.99 Å². The van der Waals surface area contributed by atoms with Crippen molar-refractivity contribution in [3.8, 4) is 11.5 Å². The van der Waals surface area contributed by atoms with Gasteiger partial charge in [0.1, 0.15) is 0 Å². The first-order chi connectivity index (χ1) is 12.5. The van der Waals surface area contributed by atoms with E-state index in [1.54, 1.807) is 14.2 Å². The molecule has 0 aliphatic carbocycles. The number of hydrogen-bond acceptors (Lipinski definition) is 5. The number of amides is 1. The van der Waals surface area contributed by atoms with Gasteiger partial charge in [0.25, 0.3) is 5.91 Å². The summed E-state index contributed by atoms with van der Waals surface area (Å²) in [4.78, 5) is 17.3. The molecule has 3 rings (SSSR count). The molecule has 0 atom stereocenters. The number of carbonyl (C=O) groups excluding carboxylic acids is 1. The van der Waals surface area contributed by atoms with E-state index in [9.17, 15) is 4.79 Å². The largest absolute Gasteiger partial charge is 0.493 e. The zero-order valence-electron chi connectivity index (χ0n) is 15.1. The van der Waals surface area contributed by atoms with Crippen LogP contribution in [-0.4, -0.2) is 25.3 Å². The Balaban J connectivity index is 1.84. The molecule has 0 bridgehead atoms. The van der Waals surface area contributed by atoms with Crippen molar-refractivity contribution in [2.24, 2.45) is 4.99 Å². The molecule has 1 heterocycles. The molecule has 26 heavy (non-hydrogen) atoms. The van der Waals surface area contributed by atoms with Gasteiger partial charge in [-0.1, -0.05) is 12.1 Å². The molecule has 2 aromatic rings. The first-order valence-electron chi connectivity index (χ1n) is 8.09. The van der Waals surface area contributed by atoms with Crippen molar-refractivity contribution in [2.75, 3.05) is 14.2 Å². The molecule has 6 heteroatoms. The van der Waals surface area contributed by atoms with Crippen molar-refractivity contribution in [1.82, 2.24) is 5.32 Å². The predicted octanol–water partition coefficient (Wildman–Crippen LogP) is 4.21. The topological polar surface area (TPSA) is 59.9 Å². The van der Waals surface area contributed by atoms with E-state index in [0.717, 1.165) is 11.3 Å². The average Bonchev–Trinajstić information content (AvgIpc) is 2.97. The third-order valence-electron chi connectivity index (χ3n) is 4.08. The lowest BCUT2D eigenvalue weighted by molar-refractivity contribution is -0.115. The van der Waals surface area contributed by atoms with Gasteiger partial charge in [0.15, 0.2) is 16.7 Å². The number of hydrogen-bond donors (Lipinski definition) is 1. The smallest absolute Gasteiger partial charge is 0.264 e. The van der Waals surface area contributed by atoms with Gasteiger partial charge in [0.05, 0.1) is 24.8 Å². The number of thioether (sulfide) groups is 1. The molecular formula is C20H20N2O3S. The van der Waals surface area contributed by atoms with E-state index in [1.807, 2.05) is 49.4 Å². The van der Waals surface area contributed by atoms with E-state index in [1.165, 1.54) is 22.9 Å². The van der Waals surface area contributed by atoms with Crippen LogP contribution in [0.3, 0.4) is 0 Å². The van der Waals surface area contributed by atoms with E-state index in [-0.39, 0.29) is 5.91 Å². The Kier molecular flexibility index (Phi) is 5.32. The monoisotopic (exact) mass is 368 g/mol. The molecule has 5 nitrogen and oxygen atoms in total. The van der Waals surface area contributed by atoms with Crippen LogP contribution >= 0.6 is 11.8 Å². The average molecular weight is 368 g/mol. The summed E-state index contributed by atoms with van der Waals surface area (Å²) in [7, 11) is 3.17. The molecule has 0 aromatic heterocycles. The van der Waals surface area contributed by atoms with Crippen LogP contribution in [0.15, 0.2) is 46.3 Å². The predicted molar refractivity (Wildman–Crippen MR) is 106 cm³/mol. The Morgan fingerprint density at radius 2 is 1.77 bits per heavy atom. The Morgan fingerprint density at radius 1 is 1.00 bits per heavy atom. The van der Waals surface area contributed by atoms with Crippen LogP contribution in [0, 0.1) is 13.8 Å². The Bertz CT molecular complexity index is 919. The van der Waals surface area contributed by atoms with Crippen LogP contribution in [0.5, 0.6) is 11.5 Å². The minimum Gasteiger partial charge on any atom is -0.493 e. The Labute approximate surface area is 157 Å². The van der Waals surface area contributed by atoms with E-state index >= 15 is 0 Å². The van der Waals surface area contributed by atoms with Crippen molar-refractivity contribution < 1.29 is 14.3 Å². The molecule has 1 amide bonds. The van der Waals surface area contributed by atoms with Crippen molar-refractivity contribution in [2.45, 2.75) is 13.8 Å². The highest BCUT2D eigenvalue weighted by Crippen LogP contribution is 2.32.